The van der Waals surface area contributed by atoms with Gasteiger partial charge in [-0.05, 0) is 43.9 Å². The predicted molar refractivity (Wildman–Crippen MR) is 142 cm³/mol. The van der Waals surface area contributed by atoms with Crippen LogP contribution in [-0.4, -0.2) is 49.8 Å². The van der Waals surface area contributed by atoms with E-state index in [9.17, 15) is 0 Å². The van der Waals surface area contributed by atoms with Gasteiger partial charge in [-0.15, -0.1) is 24.0 Å². The lowest BCUT2D eigenvalue weighted by Crippen LogP contribution is -2.38. The molecule has 3 rings (SSSR count). The molecule has 174 valence electrons. The highest BCUT2D eigenvalue weighted by Crippen LogP contribution is 2.31. The topological polar surface area (TPSA) is 83.6 Å². The molecule has 9 heteroatoms. The first-order valence-electron chi connectivity index (χ1n) is 10.5. The van der Waals surface area contributed by atoms with E-state index >= 15 is 0 Å². The van der Waals surface area contributed by atoms with Crippen molar-refractivity contribution in [2.45, 2.75) is 26.2 Å². The molecule has 2 heterocycles. The average molecular weight is 572 g/mol. The predicted octanol–water partition coefficient (Wildman–Crippen LogP) is 4.58. The Balaban J connectivity index is 0.00000363. The first kappa shape index (κ1) is 26.1. The third-order valence-electron chi connectivity index (χ3n) is 4.90. The minimum Gasteiger partial charge on any atom is -0.497 e. The van der Waals surface area contributed by atoms with Crippen LogP contribution >= 0.6 is 35.6 Å². The lowest BCUT2D eigenvalue weighted by molar-refractivity contribution is 0.398. The minimum absolute atomic E-state index is 0. The number of aliphatic imine (C=N–C) groups is 1. The van der Waals surface area contributed by atoms with Crippen LogP contribution in [0.4, 0.5) is 0 Å². The maximum Gasteiger partial charge on any atom is 0.191 e. The van der Waals surface area contributed by atoms with Crippen LogP contribution in [0.2, 0.25) is 5.15 Å². The van der Waals surface area contributed by atoms with E-state index in [1.807, 2.05) is 24.3 Å². The Kier molecular flexibility index (Phi) is 10.9. The van der Waals surface area contributed by atoms with E-state index in [0.717, 1.165) is 78.5 Å². The van der Waals surface area contributed by atoms with Crippen molar-refractivity contribution in [3.05, 3.63) is 52.9 Å². The summed E-state index contributed by atoms with van der Waals surface area (Å²) in [6, 6.07) is 9.83. The van der Waals surface area contributed by atoms with Gasteiger partial charge in [0.05, 0.1) is 19.7 Å². The molecule has 3 aromatic rings. The summed E-state index contributed by atoms with van der Waals surface area (Å²) in [6.45, 7) is 4.39. The summed E-state index contributed by atoms with van der Waals surface area (Å²) in [6.07, 6.45) is 4.50. The molecule has 0 bridgehead atoms. The first-order chi connectivity index (χ1) is 15.1. The standard InChI is InChI=1S/C23H30ClN5O2.HI/c1-4-25-23(27-11-9-16-7-8-22(24)28-15-16)26-10-5-6-17-12-19-20(29-17)13-18(30-2)14-21(19)31-3;/h7-8,12-15,29H,4-6,9-11H2,1-3H3,(H2,25,26,27);1H. The second kappa shape index (κ2) is 13.4. The zero-order valence-corrected chi connectivity index (χ0v) is 21.8. The van der Waals surface area contributed by atoms with Crippen LogP contribution in [-0.2, 0) is 12.8 Å². The van der Waals surface area contributed by atoms with Crippen LogP contribution < -0.4 is 20.1 Å². The van der Waals surface area contributed by atoms with Gasteiger partial charge in [0, 0.05) is 49.0 Å². The quantitative estimate of drug-likeness (QED) is 0.109. The van der Waals surface area contributed by atoms with Gasteiger partial charge in [0.2, 0.25) is 0 Å². The molecule has 3 N–H and O–H groups in total. The maximum absolute atomic E-state index is 5.83. The number of aromatic amines is 1. The number of hydrogen-bond donors (Lipinski definition) is 3. The Bertz CT molecular complexity index is 1010. The number of aryl methyl sites for hydroxylation is 1. The number of ether oxygens (including phenoxy) is 2. The molecule has 0 fully saturated rings. The summed E-state index contributed by atoms with van der Waals surface area (Å²) in [5.41, 5.74) is 3.31. The van der Waals surface area contributed by atoms with Gasteiger partial charge in [-0.3, -0.25) is 4.99 Å². The number of aromatic nitrogens is 2. The lowest BCUT2D eigenvalue weighted by Gasteiger charge is -2.11. The Morgan fingerprint density at radius 3 is 2.66 bits per heavy atom. The molecule has 0 radical (unpaired) electrons. The number of benzene rings is 1. The average Bonchev–Trinajstić information content (AvgIpc) is 3.20. The smallest absolute Gasteiger partial charge is 0.191 e. The fourth-order valence-electron chi connectivity index (χ4n) is 3.34. The number of methoxy groups -OCH3 is 2. The third-order valence-corrected chi connectivity index (χ3v) is 5.12. The number of guanidine groups is 1. The second-order valence-electron chi connectivity index (χ2n) is 7.12. The molecular weight excluding hydrogens is 541 g/mol. The van der Waals surface area contributed by atoms with Crippen LogP contribution in [0.25, 0.3) is 10.9 Å². The Hall–Kier alpha value is -2.20. The largest absolute Gasteiger partial charge is 0.497 e. The molecule has 0 saturated carbocycles. The number of nitrogens with one attached hydrogen (secondary N) is 3. The normalized spacial score (nSPS) is 11.2. The first-order valence-corrected chi connectivity index (χ1v) is 10.9. The number of H-pyrrole nitrogens is 1. The highest BCUT2D eigenvalue weighted by atomic mass is 127. The van der Waals surface area contributed by atoms with E-state index in [0.29, 0.717) is 5.15 Å². The fraction of sp³-hybridized carbons (Fsp3) is 0.391. The Morgan fingerprint density at radius 2 is 1.97 bits per heavy atom. The van der Waals surface area contributed by atoms with Gasteiger partial charge in [-0.1, -0.05) is 17.7 Å². The number of nitrogens with zero attached hydrogens (tertiary/aromatic N) is 2. The molecule has 0 spiro atoms. The molecular formula is C23H31ClIN5O2. The zero-order valence-electron chi connectivity index (χ0n) is 18.7. The molecule has 0 aliphatic heterocycles. The van der Waals surface area contributed by atoms with E-state index in [1.165, 1.54) is 0 Å². The van der Waals surface area contributed by atoms with Crippen molar-refractivity contribution in [3.63, 3.8) is 0 Å². The van der Waals surface area contributed by atoms with Crippen LogP contribution in [0.3, 0.4) is 0 Å². The van der Waals surface area contributed by atoms with Crippen LogP contribution in [0, 0.1) is 0 Å². The van der Waals surface area contributed by atoms with Crippen molar-refractivity contribution in [3.8, 4) is 11.5 Å². The number of fused-ring (bicyclic) bond motifs is 1. The van der Waals surface area contributed by atoms with Gasteiger partial charge in [0.15, 0.2) is 5.96 Å². The van der Waals surface area contributed by atoms with Gasteiger partial charge in [0.1, 0.15) is 16.7 Å². The monoisotopic (exact) mass is 571 g/mol. The summed E-state index contributed by atoms with van der Waals surface area (Å²) in [5.74, 6) is 2.41. The van der Waals surface area contributed by atoms with Gasteiger partial charge in [-0.25, -0.2) is 4.98 Å². The molecule has 0 atom stereocenters. The van der Waals surface area contributed by atoms with Crippen molar-refractivity contribution in [1.82, 2.24) is 20.6 Å². The van der Waals surface area contributed by atoms with Crippen molar-refractivity contribution in [2.24, 2.45) is 4.99 Å². The number of rotatable bonds is 10. The van der Waals surface area contributed by atoms with E-state index in [2.05, 4.69) is 38.6 Å². The van der Waals surface area contributed by atoms with Gasteiger partial charge < -0.3 is 25.1 Å². The van der Waals surface area contributed by atoms with E-state index in [-0.39, 0.29) is 24.0 Å². The summed E-state index contributed by atoms with van der Waals surface area (Å²) in [4.78, 5) is 12.3. The second-order valence-corrected chi connectivity index (χ2v) is 7.50. The molecule has 0 unspecified atom stereocenters. The van der Waals surface area contributed by atoms with E-state index in [4.69, 9.17) is 21.1 Å². The van der Waals surface area contributed by atoms with Crippen molar-refractivity contribution >= 4 is 52.4 Å². The number of pyridine rings is 1. The zero-order chi connectivity index (χ0) is 22.1. The Labute approximate surface area is 211 Å². The molecule has 0 aliphatic rings. The van der Waals surface area contributed by atoms with Crippen molar-refractivity contribution < 1.29 is 9.47 Å². The highest BCUT2D eigenvalue weighted by Gasteiger charge is 2.09. The van der Waals surface area contributed by atoms with Crippen LogP contribution in [0.15, 0.2) is 41.5 Å². The number of halogens is 2. The molecule has 0 amide bonds. The summed E-state index contributed by atoms with van der Waals surface area (Å²) >= 11 is 5.83. The SMILES string of the molecule is CCNC(=NCCCc1cc2c(OC)cc(OC)cc2[nH]1)NCCc1ccc(Cl)nc1.I. The summed E-state index contributed by atoms with van der Waals surface area (Å²) < 4.78 is 10.8. The third kappa shape index (κ3) is 7.44. The lowest BCUT2D eigenvalue weighted by atomic mass is 10.2. The summed E-state index contributed by atoms with van der Waals surface area (Å²) in [5, 5.41) is 8.24. The van der Waals surface area contributed by atoms with Crippen molar-refractivity contribution in [1.29, 1.82) is 0 Å². The molecule has 2 aromatic heterocycles. The molecule has 1 aromatic carbocycles. The summed E-state index contributed by atoms with van der Waals surface area (Å²) in [7, 11) is 3.33. The van der Waals surface area contributed by atoms with Gasteiger partial charge >= 0.3 is 0 Å². The van der Waals surface area contributed by atoms with Gasteiger partial charge in [-0.2, -0.15) is 0 Å². The molecule has 7 nitrogen and oxygen atoms in total. The Morgan fingerprint density at radius 1 is 1.12 bits per heavy atom. The molecule has 0 saturated heterocycles. The van der Waals surface area contributed by atoms with E-state index < -0.39 is 0 Å². The van der Waals surface area contributed by atoms with Gasteiger partial charge in [0.25, 0.3) is 0 Å². The molecule has 0 aliphatic carbocycles. The van der Waals surface area contributed by atoms with Crippen LogP contribution in [0.5, 0.6) is 11.5 Å². The van der Waals surface area contributed by atoms with Crippen LogP contribution in [0.1, 0.15) is 24.6 Å². The maximum atomic E-state index is 5.83. The molecule has 32 heavy (non-hydrogen) atoms. The highest BCUT2D eigenvalue weighted by molar-refractivity contribution is 14.0. The van der Waals surface area contributed by atoms with Crippen molar-refractivity contribution in [2.75, 3.05) is 33.9 Å². The fourth-order valence-corrected chi connectivity index (χ4v) is 3.45. The minimum atomic E-state index is 0. The number of hydrogen-bond acceptors (Lipinski definition) is 4. The van der Waals surface area contributed by atoms with E-state index in [1.54, 1.807) is 20.4 Å².